The van der Waals surface area contributed by atoms with E-state index in [1.54, 1.807) is 12.7 Å². The number of hydrogen-bond acceptors (Lipinski definition) is 2. The zero-order valence-corrected chi connectivity index (χ0v) is 10.3. The van der Waals surface area contributed by atoms with Gasteiger partial charge in [-0.1, -0.05) is 37.9 Å². The van der Waals surface area contributed by atoms with E-state index in [4.69, 9.17) is 4.84 Å². The standard InChI is InChI=1S/C13H21NO/c1-12(2)6-5-7-13(3)9-10(14-15-4)8-11(12)13/h8H,5-7,9H2,1-4H3. The first-order valence-electron chi connectivity index (χ1n) is 5.81. The molecule has 0 bridgehead atoms. The van der Waals surface area contributed by atoms with Crippen molar-refractivity contribution in [3.8, 4) is 0 Å². The first-order valence-corrected chi connectivity index (χ1v) is 5.81. The SMILES string of the molecule is CON=C1C=C2C(C)(C)CCCC2(C)C1. The molecule has 15 heavy (non-hydrogen) atoms. The second-order valence-electron chi connectivity index (χ2n) is 5.80. The average molecular weight is 207 g/mol. The number of allylic oxidation sites excluding steroid dienone is 2. The normalized spacial score (nSPS) is 36.3. The van der Waals surface area contributed by atoms with E-state index in [1.807, 2.05) is 0 Å². The highest BCUT2D eigenvalue weighted by Gasteiger charge is 2.45. The van der Waals surface area contributed by atoms with E-state index in [0.29, 0.717) is 10.8 Å². The van der Waals surface area contributed by atoms with Crippen LogP contribution in [-0.2, 0) is 4.84 Å². The molecule has 0 radical (unpaired) electrons. The predicted molar refractivity (Wildman–Crippen MR) is 62.9 cm³/mol. The van der Waals surface area contributed by atoms with Gasteiger partial charge in [-0.2, -0.15) is 0 Å². The highest BCUT2D eigenvalue weighted by Crippen LogP contribution is 2.55. The monoisotopic (exact) mass is 207 g/mol. The lowest BCUT2D eigenvalue weighted by Gasteiger charge is -2.43. The second kappa shape index (κ2) is 3.36. The van der Waals surface area contributed by atoms with E-state index in [1.165, 1.54) is 19.3 Å². The van der Waals surface area contributed by atoms with Crippen LogP contribution in [0.25, 0.3) is 0 Å². The summed E-state index contributed by atoms with van der Waals surface area (Å²) < 4.78 is 0. The highest BCUT2D eigenvalue weighted by atomic mass is 16.6. The lowest BCUT2D eigenvalue weighted by Crippen LogP contribution is -2.31. The molecule has 0 spiro atoms. The van der Waals surface area contributed by atoms with Crippen molar-refractivity contribution in [2.45, 2.75) is 46.5 Å². The van der Waals surface area contributed by atoms with Gasteiger partial charge in [-0.05, 0) is 29.7 Å². The lowest BCUT2D eigenvalue weighted by atomic mass is 9.62. The van der Waals surface area contributed by atoms with E-state index >= 15 is 0 Å². The molecule has 2 heteroatoms. The van der Waals surface area contributed by atoms with Crippen LogP contribution in [0.2, 0.25) is 0 Å². The zero-order chi connectivity index (χ0) is 11.1. The number of fused-ring (bicyclic) bond motifs is 1. The molecular weight excluding hydrogens is 186 g/mol. The minimum absolute atomic E-state index is 0.345. The summed E-state index contributed by atoms with van der Waals surface area (Å²) in [5.74, 6) is 0. The van der Waals surface area contributed by atoms with E-state index < -0.39 is 0 Å². The quantitative estimate of drug-likeness (QED) is 0.603. The van der Waals surface area contributed by atoms with Crippen LogP contribution in [0, 0.1) is 10.8 Å². The lowest BCUT2D eigenvalue weighted by molar-refractivity contribution is 0.202. The van der Waals surface area contributed by atoms with Crippen molar-refractivity contribution in [1.29, 1.82) is 0 Å². The molecule has 1 unspecified atom stereocenters. The van der Waals surface area contributed by atoms with Crippen LogP contribution < -0.4 is 0 Å². The van der Waals surface area contributed by atoms with Crippen molar-refractivity contribution >= 4 is 5.71 Å². The van der Waals surface area contributed by atoms with Crippen LogP contribution in [0.15, 0.2) is 16.8 Å². The van der Waals surface area contributed by atoms with Gasteiger partial charge in [-0.15, -0.1) is 0 Å². The molecule has 84 valence electrons. The van der Waals surface area contributed by atoms with Crippen molar-refractivity contribution in [1.82, 2.24) is 0 Å². The van der Waals surface area contributed by atoms with Gasteiger partial charge in [0, 0.05) is 6.42 Å². The summed E-state index contributed by atoms with van der Waals surface area (Å²) in [6, 6.07) is 0. The molecule has 0 aliphatic heterocycles. The molecule has 0 N–H and O–H groups in total. The second-order valence-corrected chi connectivity index (χ2v) is 5.80. The Morgan fingerprint density at radius 3 is 2.60 bits per heavy atom. The van der Waals surface area contributed by atoms with Crippen LogP contribution >= 0.6 is 0 Å². The molecule has 2 rings (SSSR count). The summed E-state index contributed by atoms with van der Waals surface area (Å²) in [5.41, 5.74) is 3.39. The van der Waals surface area contributed by atoms with Gasteiger partial charge < -0.3 is 4.84 Å². The maximum atomic E-state index is 4.89. The number of oxime groups is 1. The van der Waals surface area contributed by atoms with E-state index in [0.717, 1.165) is 12.1 Å². The van der Waals surface area contributed by atoms with E-state index in [2.05, 4.69) is 32.0 Å². The molecule has 0 saturated heterocycles. The number of rotatable bonds is 1. The molecule has 0 aromatic heterocycles. The van der Waals surface area contributed by atoms with Gasteiger partial charge in [0.15, 0.2) is 0 Å². The summed E-state index contributed by atoms with van der Waals surface area (Å²) in [6.07, 6.45) is 7.25. The number of hydrogen-bond donors (Lipinski definition) is 0. The van der Waals surface area contributed by atoms with Crippen molar-refractivity contribution in [3.05, 3.63) is 11.6 Å². The van der Waals surface area contributed by atoms with Gasteiger partial charge in [-0.3, -0.25) is 0 Å². The van der Waals surface area contributed by atoms with Crippen molar-refractivity contribution in [2.75, 3.05) is 7.11 Å². The summed E-state index contributed by atoms with van der Waals surface area (Å²) in [6.45, 7) is 7.08. The minimum atomic E-state index is 0.345. The third-order valence-corrected chi connectivity index (χ3v) is 4.00. The van der Waals surface area contributed by atoms with Gasteiger partial charge in [0.2, 0.25) is 0 Å². The van der Waals surface area contributed by atoms with Crippen LogP contribution in [0.5, 0.6) is 0 Å². The molecule has 1 fully saturated rings. The van der Waals surface area contributed by atoms with E-state index in [-0.39, 0.29) is 0 Å². The first kappa shape index (κ1) is 10.7. The van der Waals surface area contributed by atoms with Crippen LogP contribution in [0.1, 0.15) is 46.5 Å². The molecule has 0 aromatic rings. The Hall–Kier alpha value is -0.790. The smallest absolute Gasteiger partial charge is 0.106 e. The summed E-state index contributed by atoms with van der Waals surface area (Å²) in [5, 5.41) is 4.10. The van der Waals surface area contributed by atoms with Gasteiger partial charge in [0.05, 0.1) is 5.71 Å². The Labute approximate surface area is 92.4 Å². The first-order chi connectivity index (χ1) is 6.98. The summed E-state index contributed by atoms with van der Waals surface area (Å²) in [7, 11) is 1.63. The molecule has 0 aromatic carbocycles. The highest BCUT2D eigenvalue weighted by molar-refractivity contribution is 5.99. The fourth-order valence-corrected chi connectivity index (χ4v) is 3.35. The van der Waals surface area contributed by atoms with Gasteiger partial charge in [0.1, 0.15) is 7.11 Å². The Balaban J connectivity index is 2.36. The molecule has 1 saturated carbocycles. The third kappa shape index (κ3) is 1.70. The van der Waals surface area contributed by atoms with Gasteiger partial charge in [-0.25, -0.2) is 0 Å². The van der Waals surface area contributed by atoms with Crippen molar-refractivity contribution < 1.29 is 4.84 Å². The Morgan fingerprint density at radius 1 is 1.27 bits per heavy atom. The summed E-state index contributed by atoms with van der Waals surface area (Å²) >= 11 is 0. The van der Waals surface area contributed by atoms with E-state index in [9.17, 15) is 0 Å². The molecular formula is C13H21NO. The Kier molecular flexibility index (Phi) is 2.40. The molecule has 2 aliphatic carbocycles. The van der Waals surface area contributed by atoms with Crippen LogP contribution in [0.4, 0.5) is 0 Å². The molecule has 0 amide bonds. The largest absolute Gasteiger partial charge is 0.399 e. The third-order valence-electron chi connectivity index (χ3n) is 4.00. The van der Waals surface area contributed by atoms with Crippen molar-refractivity contribution in [3.63, 3.8) is 0 Å². The van der Waals surface area contributed by atoms with Gasteiger partial charge >= 0.3 is 0 Å². The topological polar surface area (TPSA) is 21.6 Å². The van der Waals surface area contributed by atoms with Gasteiger partial charge in [0.25, 0.3) is 0 Å². The predicted octanol–water partition coefficient (Wildman–Crippen LogP) is 3.54. The maximum Gasteiger partial charge on any atom is 0.106 e. The molecule has 2 nitrogen and oxygen atoms in total. The summed E-state index contributed by atoms with van der Waals surface area (Å²) in [4.78, 5) is 4.89. The van der Waals surface area contributed by atoms with Crippen LogP contribution in [0.3, 0.4) is 0 Å². The zero-order valence-electron chi connectivity index (χ0n) is 10.3. The molecule has 0 heterocycles. The maximum absolute atomic E-state index is 4.89. The fourth-order valence-electron chi connectivity index (χ4n) is 3.35. The Morgan fingerprint density at radius 2 is 2.00 bits per heavy atom. The Bertz CT molecular complexity index is 327. The van der Waals surface area contributed by atoms with Crippen molar-refractivity contribution in [2.24, 2.45) is 16.0 Å². The minimum Gasteiger partial charge on any atom is -0.399 e. The number of nitrogens with zero attached hydrogens (tertiary/aromatic N) is 1. The molecule has 2 aliphatic rings. The fraction of sp³-hybridized carbons (Fsp3) is 0.769. The van der Waals surface area contributed by atoms with Crippen LogP contribution in [-0.4, -0.2) is 12.8 Å². The average Bonchev–Trinajstić information content (AvgIpc) is 2.43. The molecule has 1 atom stereocenters.